The van der Waals surface area contributed by atoms with Crippen molar-refractivity contribution in [1.29, 1.82) is 0 Å². The van der Waals surface area contributed by atoms with Crippen molar-refractivity contribution in [3.8, 4) is 11.8 Å². The topological polar surface area (TPSA) is 97.4 Å². The number of H-pyrrole nitrogens is 1. The van der Waals surface area contributed by atoms with Gasteiger partial charge in [0.15, 0.2) is 11.3 Å². The number of halogens is 2. The Labute approximate surface area is 194 Å². The molecular weight excluding hydrogens is 440 g/mol. The van der Waals surface area contributed by atoms with Crippen LogP contribution in [0, 0.1) is 28.9 Å². The monoisotopic (exact) mass is 463 g/mol. The standard InChI is InChI=1S/C24H23F2N7O/c1-14-20(27)24(13-34-14)6-9-32(10-7-24)23-29-21-19(22-28-8-11-33(22)23)18(30-31-21)5-2-15-12-16(25)3-4-17(15)26/h3-4,8,11-12,14,20H,6-7,9-10,13,27H2,1H3,(H,30,31)/t14-,20+/m0/s1. The summed E-state index contributed by atoms with van der Waals surface area (Å²) in [5.74, 6) is 5.13. The molecule has 4 aromatic rings. The zero-order valence-electron chi connectivity index (χ0n) is 18.6. The van der Waals surface area contributed by atoms with Crippen LogP contribution in [-0.2, 0) is 4.74 Å². The van der Waals surface area contributed by atoms with E-state index in [-0.39, 0.29) is 23.1 Å². The third-order valence-electron chi connectivity index (χ3n) is 7.17. The highest BCUT2D eigenvalue weighted by atomic mass is 19.1. The molecule has 2 fully saturated rings. The minimum absolute atomic E-state index is 0.0109. The quantitative estimate of drug-likeness (QED) is 0.421. The third kappa shape index (κ3) is 3.23. The van der Waals surface area contributed by atoms with Crippen LogP contribution in [0.5, 0.6) is 0 Å². The van der Waals surface area contributed by atoms with Gasteiger partial charge < -0.3 is 15.4 Å². The molecule has 0 radical (unpaired) electrons. The maximum absolute atomic E-state index is 14.0. The highest BCUT2D eigenvalue weighted by Gasteiger charge is 2.47. The van der Waals surface area contributed by atoms with Gasteiger partial charge in [-0.15, -0.1) is 0 Å². The molecule has 0 bridgehead atoms. The van der Waals surface area contributed by atoms with Crippen molar-refractivity contribution in [2.75, 3.05) is 24.6 Å². The molecule has 2 saturated heterocycles. The van der Waals surface area contributed by atoms with Gasteiger partial charge in [0.25, 0.3) is 0 Å². The Morgan fingerprint density at radius 2 is 2.06 bits per heavy atom. The Morgan fingerprint density at radius 3 is 2.82 bits per heavy atom. The van der Waals surface area contributed by atoms with Crippen LogP contribution in [0.3, 0.4) is 0 Å². The summed E-state index contributed by atoms with van der Waals surface area (Å²) < 4.78 is 35.2. The lowest BCUT2D eigenvalue weighted by Gasteiger charge is -2.41. The number of imidazole rings is 1. The van der Waals surface area contributed by atoms with Gasteiger partial charge in [0.1, 0.15) is 17.3 Å². The van der Waals surface area contributed by atoms with Gasteiger partial charge in [-0.2, -0.15) is 10.1 Å². The predicted molar refractivity (Wildman–Crippen MR) is 122 cm³/mol. The molecule has 0 amide bonds. The molecule has 8 nitrogen and oxygen atoms in total. The minimum Gasteiger partial charge on any atom is -0.376 e. The summed E-state index contributed by atoms with van der Waals surface area (Å²) in [6.07, 6.45) is 5.47. The van der Waals surface area contributed by atoms with Crippen molar-refractivity contribution >= 4 is 22.6 Å². The van der Waals surface area contributed by atoms with Crippen LogP contribution in [0.15, 0.2) is 30.6 Å². The Morgan fingerprint density at radius 1 is 1.24 bits per heavy atom. The first-order chi connectivity index (χ1) is 16.4. The van der Waals surface area contributed by atoms with E-state index in [1.165, 1.54) is 0 Å². The number of aromatic nitrogens is 5. The van der Waals surface area contributed by atoms with Crippen LogP contribution in [-0.4, -0.2) is 56.4 Å². The van der Waals surface area contributed by atoms with E-state index < -0.39 is 11.6 Å². The highest BCUT2D eigenvalue weighted by molar-refractivity contribution is 5.94. The second-order valence-electron chi connectivity index (χ2n) is 9.09. The first-order valence-corrected chi connectivity index (χ1v) is 11.3. The van der Waals surface area contributed by atoms with Gasteiger partial charge in [-0.1, -0.05) is 5.92 Å². The third-order valence-corrected chi connectivity index (χ3v) is 7.17. The van der Waals surface area contributed by atoms with Gasteiger partial charge in [-0.05, 0) is 43.9 Å². The molecule has 1 spiro atoms. The molecule has 3 N–H and O–H groups in total. The van der Waals surface area contributed by atoms with Gasteiger partial charge in [0.05, 0.1) is 23.7 Å². The second kappa shape index (κ2) is 7.75. The summed E-state index contributed by atoms with van der Waals surface area (Å²) in [6.45, 7) is 4.34. The number of aromatic amines is 1. The van der Waals surface area contributed by atoms with E-state index in [4.69, 9.17) is 15.5 Å². The zero-order chi connectivity index (χ0) is 23.4. The molecule has 6 rings (SSSR count). The smallest absolute Gasteiger partial charge is 0.213 e. The van der Waals surface area contributed by atoms with E-state index in [0.717, 1.165) is 50.1 Å². The highest BCUT2D eigenvalue weighted by Crippen LogP contribution is 2.42. The van der Waals surface area contributed by atoms with Crippen LogP contribution in [0.1, 0.15) is 31.0 Å². The van der Waals surface area contributed by atoms with Crippen molar-refractivity contribution < 1.29 is 13.5 Å². The lowest BCUT2D eigenvalue weighted by molar-refractivity contribution is 0.0973. The van der Waals surface area contributed by atoms with E-state index in [2.05, 4.69) is 31.9 Å². The maximum Gasteiger partial charge on any atom is 0.213 e. The van der Waals surface area contributed by atoms with Crippen LogP contribution in [0.4, 0.5) is 14.7 Å². The number of hydrogen-bond acceptors (Lipinski definition) is 6. The normalized spacial score (nSPS) is 21.9. The van der Waals surface area contributed by atoms with E-state index in [1.54, 1.807) is 6.20 Å². The lowest BCUT2D eigenvalue weighted by atomic mass is 9.73. The van der Waals surface area contributed by atoms with Gasteiger partial charge in [-0.25, -0.2) is 13.8 Å². The Bertz CT molecular complexity index is 1460. The molecule has 10 heteroatoms. The fourth-order valence-corrected chi connectivity index (χ4v) is 5.09. The number of fused-ring (bicyclic) bond motifs is 3. The van der Waals surface area contributed by atoms with E-state index in [1.807, 2.05) is 17.5 Å². The van der Waals surface area contributed by atoms with E-state index >= 15 is 0 Å². The lowest BCUT2D eigenvalue weighted by Crippen LogP contribution is -2.51. The maximum atomic E-state index is 14.0. The Balaban J connectivity index is 1.35. The number of piperidine rings is 1. The van der Waals surface area contributed by atoms with Gasteiger partial charge in [0, 0.05) is 36.9 Å². The first-order valence-electron chi connectivity index (χ1n) is 11.3. The molecule has 2 aliphatic rings. The average Bonchev–Trinajstić information content (AvgIpc) is 3.55. The molecule has 1 aromatic carbocycles. The molecule has 3 aromatic heterocycles. The fraction of sp³-hybridized carbons (Fsp3) is 0.375. The Kier molecular flexibility index (Phi) is 4.79. The number of ether oxygens (including phenoxy) is 1. The number of nitrogens with zero attached hydrogens (tertiary/aromatic N) is 5. The molecule has 5 heterocycles. The molecule has 2 aliphatic heterocycles. The van der Waals surface area contributed by atoms with Crippen LogP contribution >= 0.6 is 0 Å². The molecule has 174 valence electrons. The van der Waals surface area contributed by atoms with Gasteiger partial charge >= 0.3 is 0 Å². The second-order valence-corrected chi connectivity index (χ2v) is 9.09. The number of hydrogen-bond donors (Lipinski definition) is 2. The van der Waals surface area contributed by atoms with Crippen molar-refractivity contribution in [3.05, 3.63) is 53.5 Å². The summed E-state index contributed by atoms with van der Waals surface area (Å²) in [6, 6.07) is 3.20. The summed E-state index contributed by atoms with van der Waals surface area (Å²) >= 11 is 0. The number of benzene rings is 1. The minimum atomic E-state index is -0.593. The largest absolute Gasteiger partial charge is 0.376 e. The van der Waals surface area contributed by atoms with Crippen molar-refractivity contribution in [2.24, 2.45) is 11.1 Å². The number of nitrogens with two attached hydrogens (primary N) is 1. The van der Waals surface area contributed by atoms with Gasteiger partial charge in [0.2, 0.25) is 5.95 Å². The molecular formula is C24H23F2N7O. The van der Waals surface area contributed by atoms with Gasteiger partial charge in [-0.3, -0.25) is 9.50 Å². The molecule has 0 aliphatic carbocycles. The summed E-state index contributed by atoms with van der Waals surface area (Å²) in [7, 11) is 0. The number of anilines is 1. The van der Waals surface area contributed by atoms with Crippen LogP contribution < -0.4 is 10.6 Å². The molecule has 0 unspecified atom stereocenters. The number of nitrogens with one attached hydrogen (secondary N) is 1. The Hall–Kier alpha value is -3.55. The SMILES string of the molecule is C[C@@H]1OCC2(CCN(c3nc4[nH]nc(C#Cc5cc(F)ccc5F)c4c4nccn34)CC2)[C@@H]1N. The van der Waals surface area contributed by atoms with E-state index in [9.17, 15) is 8.78 Å². The summed E-state index contributed by atoms with van der Waals surface area (Å²) in [4.78, 5) is 11.6. The predicted octanol–water partition coefficient (Wildman–Crippen LogP) is 2.62. The first kappa shape index (κ1) is 21.0. The molecule has 2 atom stereocenters. The number of rotatable bonds is 1. The average molecular weight is 463 g/mol. The van der Waals surface area contributed by atoms with E-state index in [0.29, 0.717) is 29.0 Å². The van der Waals surface area contributed by atoms with Crippen molar-refractivity contribution in [1.82, 2.24) is 24.6 Å². The fourth-order valence-electron chi connectivity index (χ4n) is 5.09. The van der Waals surface area contributed by atoms with Crippen molar-refractivity contribution in [2.45, 2.75) is 31.9 Å². The van der Waals surface area contributed by atoms with Crippen LogP contribution in [0.25, 0.3) is 16.7 Å². The van der Waals surface area contributed by atoms with Crippen molar-refractivity contribution in [3.63, 3.8) is 0 Å². The summed E-state index contributed by atoms with van der Waals surface area (Å²) in [5, 5.41) is 7.83. The molecule has 34 heavy (non-hydrogen) atoms. The molecule has 0 saturated carbocycles. The zero-order valence-corrected chi connectivity index (χ0v) is 18.6. The summed E-state index contributed by atoms with van der Waals surface area (Å²) in [5.41, 5.74) is 7.99. The van der Waals surface area contributed by atoms with Crippen LogP contribution in [0.2, 0.25) is 0 Å².